The molecule has 1 unspecified atom stereocenters. The van der Waals surface area contributed by atoms with Crippen LogP contribution in [0.5, 0.6) is 5.75 Å². The minimum Gasteiger partial charge on any atom is -0.507 e. The van der Waals surface area contributed by atoms with Crippen LogP contribution in [0.2, 0.25) is 0 Å². The molecule has 2 aliphatic rings. The average molecular weight is 416 g/mol. The zero-order valence-electron chi connectivity index (χ0n) is 16.4. The summed E-state index contributed by atoms with van der Waals surface area (Å²) in [5, 5.41) is 15.5. The number of likely N-dealkylation sites (tertiary alicyclic amines) is 1. The molecule has 1 saturated heterocycles. The number of halogens is 3. The summed E-state index contributed by atoms with van der Waals surface area (Å²) in [5.74, 6) is -0.230. The van der Waals surface area contributed by atoms with Crippen LogP contribution in [0.4, 0.5) is 13.2 Å². The Hall–Kier alpha value is -3.10. The first kappa shape index (κ1) is 18.9. The average Bonchev–Trinajstić information content (AvgIpc) is 3.09. The van der Waals surface area contributed by atoms with Gasteiger partial charge in [-0.15, -0.1) is 0 Å². The maximum Gasteiger partial charge on any atom is 0.416 e. The number of aromatic nitrogens is 3. The number of phenolic OH excluding ortho intramolecular Hbond substituents is 1. The van der Waals surface area contributed by atoms with Crippen LogP contribution in [0.1, 0.15) is 17.5 Å². The van der Waals surface area contributed by atoms with Gasteiger partial charge in [-0.25, -0.2) is 4.98 Å². The molecule has 1 N–H and O–H groups in total. The van der Waals surface area contributed by atoms with E-state index < -0.39 is 17.5 Å². The Morgan fingerprint density at radius 2 is 2.07 bits per heavy atom. The second-order valence-corrected chi connectivity index (χ2v) is 8.43. The van der Waals surface area contributed by atoms with E-state index in [1.807, 2.05) is 13.2 Å². The Bertz CT molecular complexity index is 1180. The molecule has 1 aromatic carbocycles. The number of nitrogens with zero attached hydrogens (tertiary/aromatic N) is 4. The lowest BCUT2D eigenvalue weighted by Gasteiger charge is -2.15. The van der Waals surface area contributed by atoms with E-state index in [1.54, 1.807) is 21.7 Å². The van der Waals surface area contributed by atoms with Gasteiger partial charge in [-0.3, -0.25) is 9.48 Å². The lowest BCUT2D eigenvalue weighted by Crippen LogP contribution is -2.26. The molecule has 0 radical (unpaired) electrons. The van der Waals surface area contributed by atoms with Crippen molar-refractivity contribution < 1.29 is 23.1 Å². The normalized spacial score (nSPS) is 23.3. The molecule has 2 atom stereocenters. The summed E-state index contributed by atoms with van der Waals surface area (Å²) in [4.78, 5) is 18.3. The minimum absolute atomic E-state index is 0.0603. The van der Waals surface area contributed by atoms with Crippen molar-refractivity contribution in [2.75, 3.05) is 13.6 Å². The number of hydrogen-bond acceptors (Lipinski definition) is 4. The zero-order chi connectivity index (χ0) is 21.4. The summed E-state index contributed by atoms with van der Waals surface area (Å²) in [6.07, 6.45) is -1.81. The monoisotopic (exact) mass is 416 g/mol. The summed E-state index contributed by atoms with van der Waals surface area (Å²) in [5.41, 5.74) is 0.358. The van der Waals surface area contributed by atoms with Crippen molar-refractivity contribution in [3.05, 3.63) is 41.6 Å². The summed E-state index contributed by atoms with van der Waals surface area (Å²) in [6.45, 7) is 2.84. The number of pyridine rings is 1. The highest BCUT2D eigenvalue weighted by Crippen LogP contribution is 2.59. The maximum atomic E-state index is 13.0. The van der Waals surface area contributed by atoms with Gasteiger partial charge in [-0.1, -0.05) is 0 Å². The summed E-state index contributed by atoms with van der Waals surface area (Å²) < 4.78 is 40.7. The molecule has 1 aliphatic heterocycles. The first-order chi connectivity index (χ1) is 14.1. The first-order valence-electron chi connectivity index (χ1n) is 9.58. The molecule has 5 rings (SSSR count). The molecule has 1 aliphatic carbocycles. The smallest absolute Gasteiger partial charge is 0.416 e. The number of amides is 1. The molecule has 0 bridgehead atoms. The van der Waals surface area contributed by atoms with E-state index >= 15 is 0 Å². The number of aromatic hydroxyl groups is 1. The highest BCUT2D eigenvalue weighted by atomic mass is 19.4. The summed E-state index contributed by atoms with van der Waals surface area (Å²) in [6, 6.07) is 5.16. The van der Waals surface area contributed by atoms with Crippen molar-refractivity contribution in [2.45, 2.75) is 26.1 Å². The highest BCUT2D eigenvalue weighted by molar-refractivity contribution is 5.85. The zero-order valence-corrected chi connectivity index (χ0v) is 16.4. The van der Waals surface area contributed by atoms with Crippen LogP contribution in [-0.4, -0.2) is 44.3 Å². The van der Waals surface area contributed by atoms with Gasteiger partial charge >= 0.3 is 6.18 Å². The van der Waals surface area contributed by atoms with Crippen LogP contribution in [0.25, 0.3) is 22.3 Å². The third-order valence-corrected chi connectivity index (χ3v) is 6.21. The molecule has 1 amide bonds. The molecule has 1 saturated carbocycles. The summed E-state index contributed by atoms with van der Waals surface area (Å²) in [7, 11) is 1.81. The lowest BCUT2D eigenvalue weighted by molar-refractivity contribution is -0.137. The minimum atomic E-state index is -4.54. The van der Waals surface area contributed by atoms with Gasteiger partial charge in [-0.05, 0) is 43.2 Å². The predicted octanol–water partition coefficient (Wildman–Crippen LogP) is 3.61. The largest absolute Gasteiger partial charge is 0.507 e. The summed E-state index contributed by atoms with van der Waals surface area (Å²) >= 11 is 0. The number of carbonyl (C=O) groups is 1. The van der Waals surface area contributed by atoms with Crippen molar-refractivity contribution >= 4 is 16.9 Å². The van der Waals surface area contributed by atoms with Gasteiger partial charge in [0.05, 0.1) is 11.3 Å². The van der Waals surface area contributed by atoms with E-state index in [9.17, 15) is 23.1 Å². The van der Waals surface area contributed by atoms with Crippen LogP contribution in [-0.2, 0) is 17.5 Å². The number of carbonyl (C=O) groups excluding carboxylic acids is 1. The van der Waals surface area contributed by atoms with Crippen molar-refractivity contribution in [2.24, 2.45) is 11.3 Å². The molecule has 2 fully saturated rings. The molecular formula is C21H19F3N4O2. The fourth-order valence-electron chi connectivity index (χ4n) is 4.67. The number of alkyl halides is 3. The molecular weight excluding hydrogens is 397 g/mol. The van der Waals surface area contributed by atoms with Crippen molar-refractivity contribution in [3.8, 4) is 17.0 Å². The van der Waals surface area contributed by atoms with E-state index in [0.717, 1.165) is 17.9 Å². The third kappa shape index (κ3) is 2.83. The molecule has 3 aromatic rings. The van der Waals surface area contributed by atoms with Crippen LogP contribution in [0, 0.1) is 18.3 Å². The van der Waals surface area contributed by atoms with Crippen molar-refractivity contribution in [1.29, 1.82) is 0 Å². The number of phenols is 1. The second-order valence-electron chi connectivity index (χ2n) is 8.43. The Kier molecular flexibility index (Phi) is 3.76. The van der Waals surface area contributed by atoms with Gasteiger partial charge in [0, 0.05) is 48.6 Å². The second kappa shape index (κ2) is 5.96. The number of piperidine rings is 1. The predicted molar refractivity (Wildman–Crippen MR) is 103 cm³/mol. The van der Waals surface area contributed by atoms with E-state index in [4.69, 9.17) is 0 Å². The highest BCUT2D eigenvalue weighted by Gasteiger charge is 2.64. The SMILES string of the molecule is Cc1cc(C(F)(F)F)cc(O)c1-c1ccc2cn(CC34C[C@@H]3C(=O)N(C)C4)nc2n1. The number of benzene rings is 1. The standard InChI is InChI=1S/C21H19F3N4O2/c1-11-5-13(21(22,23)24)6-16(29)17(11)15-4-3-12-8-28(26-18(12)25-15)10-20-7-14(20)19(30)27(2)9-20/h3-6,8,14,29H,7,9-10H2,1-2H3/t14-,20?/m1/s1. The van der Waals surface area contributed by atoms with E-state index in [-0.39, 0.29) is 28.4 Å². The molecule has 6 nitrogen and oxygen atoms in total. The molecule has 0 spiro atoms. The number of fused-ring (bicyclic) bond motifs is 2. The van der Waals surface area contributed by atoms with Gasteiger partial charge in [0.1, 0.15) is 5.75 Å². The molecule has 30 heavy (non-hydrogen) atoms. The van der Waals surface area contributed by atoms with Gasteiger partial charge in [0.25, 0.3) is 0 Å². The van der Waals surface area contributed by atoms with Gasteiger partial charge in [-0.2, -0.15) is 18.3 Å². The van der Waals surface area contributed by atoms with Gasteiger partial charge in [0.15, 0.2) is 5.65 Å². The number of hydrogen-bond donors (Lipinski definition) is 1. The molecule has 156 valence electrons. The van der Waals surface area contributed by atoms with Crippen LogP contribution < -0.4 is 0 Å². The fourth-order valence-corrected chi connectivity index (χ4v) is 4.67. The molecule has 2 aromatic heterocycles. The Balaban J connectivity index is 1.47. The Labute approximate surface area is 169 Å². The topological polar surface area (TPSA) is 71.2 Å². The molecule has 3 heterocycles. The Morgan fingerprint density at radius 3 is 2.70 bits per heavy atom. The van der Waals surface area contributed by atoms with Crippen LogP contribution in [0.15, 0.2) is 30.5 Å². The fraction of sp³-hybridized carbons (Fsp3) is 0.381. The lowest BCUT2D eigenvalue weighted by atomic mass is 10.00. The molecule has 9 heteroatoms. The first-order valence-corrected chi connectivity index (χ1v) is 9.58. The van der Waals surface area contributed by atoms with E-state index in [1.165, 1.54) is 6.92 Å². The van der Waals surface area contributed by atoms with E-state index in [0.29, 0.717) is 30.5 Å². The van der Waals surface area contributed by atoms with Crippen molar-refractivity contribution in [3.63, 3.8) is 0 Å². The maximum absolute atomic E-state index is 13.0. The number of rotatable bonds is 3. The van der Waals surface area contributed by atoms with Crippen molar-refractivity contribution in [1.82, 2.24) is 19.7 Å². The third-order valence-electron chi connectivity index (χ3n) is 6.21. The quantitative estimate of drug-likeness (QED) is 0.708. The van der Waals surface area contributed by atoms with Gasteiger partial charge in [0.2, 0.25) is 5.91 Å². The van der Waals surface area contributed by atoms with E-state index in [2.05, 4.69) is 10.1 Å². The van der Waals surface area contributed by atoms with Gasteiger partial charge < -0.3 is 10.0 Å². The van der Waals surface area contributed by atoms with Crippen LogP contribution in [0.3, 0.4) is 0 Å². The number of aryl methyl sites for hydroxylation is 1. The Morgan fingerprint density at radius 1 is 1.30 bits per heavy atom. The van der Waals surface area contributed by atoms with Crippen LogP contribution >= 0.6 is 0 Å².